The minimum atomic E-state index is 0. The first-order valence-corrected chi connectivity index (χ1v) is 7.34. The van der Waals surface area contributed by atoms with Gasteiger partial charge in [-0.15, -0.1) is 12.4 Å². The maximum Gasteiger partial charge on any atom is 0.161 e. The Morgan fingerprint density at radius 2 is 1.95 bits per heavy atom. The van der Waals surface area contributed by atoms with Crippen LogP contribution in [0.3, 0.4) is 0 Å². The molecule has 1 heterocycles. The summed E-state index contributed by atoms with van der Waals surface area (Å²) >= 11 is 0. The van der Waals surface area contributed by atoms with Crippen molar-refractivity contribution >= 4 is 12.4 Å². The first-order chi connectivity index (χ1) is 9.69. The fraction of sp³-hybridized carbons (Fsp3) is 0.625. The Bertz CT molecular complexity index is 442. The molecule has 1 aromatic carbocycles. The van der Waals surface area contributed by atoms with E-state index >= 15 is 0 Å². The summed E-state index contributed by atoms with van der Waals surface area (Å²) in [5, 5.41) is 0. The highest BCUT2D eigenvalue weighted by Crippen LogP contribution is 2.30. The van der Waals surface area contributed by atoms with Crippen LogP contribution in [-0.2, 0) is 6.54 Å². The third kappa shape index (κ3) is 4.25. The molecule has 0 saturated carbocycles. The van der Waals surface area contributed by atoms with Crippen molar-refractivity contribution in [2.45, 2.75) is 32.4 Å². The van der Waals surface area contributed by atoms with Crippen LogP contribution in [0, 0.1) is 5.92 Å². The molecule has 0 amide bonds. The van der Waals surface area contributed by atoms with E-state index in [0.29, 0.717) is 12.0 Å². The number of hydrogen-bond acceptors (Lipinski definition) is 4. The SMILES string of the molecule is COc1ccc(CN2CCCC(C)C2CN)cc1OC.Cl. The van der Waals surface area contributed by atoms with Crippen LogP contribution in [0.25, 0.3) is 0 Å². The molecule has 1 aliphatic heterocycles. The van der Waals surface area contributed by atoms with Crippen LogP contribution in [0.1, 0.15) is 25.3 Å². The average Bonchev–Trinajstić information content (AvgIpc) is 2.47. The molecule has 1 saturated heterocycles. The Morgan fingerprint density at radius 1 is 1.24 bits per heavy atom. The van der Waals surface area contributed by atoms with Gasteiger partial charge in [-0.3, -0.25) is 4.90 Å². The van der Waals surface area contributed by atoms with Crippen molar-refractivity contribution in [1.29, 1.82) is 0 Å². The quantitative estimate of drug-likeness (QED) is 0.908. The van der Waals surface area contributed by atoms with Crippen LogP contribution in [0.15, 0.2) is 18.2 Å². The molecule has 0 bridgehead atoms. The van der Waals surface area contributed by atoms with Gasteiger partial charge in [0.2, 0.25) is 0 Å². The van der Waals surface area contributed by atoms with Gasteiger partial charge in [0.15, 0.2) is 11.5 Å². The van der Waals surface area contributed by atoms with Crippen molar-refractivity contribution in [3.05, 3.63) is 23.8 Å². The van der Waals surface area contributed by atoms with Gasteiger partial charge in [-0.2, -0.15) is 0 Å². The van der Waals surface area contributed by atoms with Crippen molar-refractivity contribution in [2.75, 3.05) is 27.3 Å². The molecule has 2 atom stereocenters. The summed E-state index contributed by atoms with van der Waals surface area (Å²) < 4.78 is 10.7. The van der Waals surface area contributed by atoms with Gasteiger partial charge < -0.3 is 15.2 Å². The second-order valence-corrected chi connectivity index (χ2v) is 5.58. The minimum absolute atomic E-state index is 0. The van der Waals surface area contributed by atoms with Gasteiger partial charge in [0.05, 0.1) is 14.2 Å². The van der Waals surface area contributed by atoms with Crippen molar-refractivity contribution in [1.82, 2.24) is 4.90 Å². The lowest BCUT2D eigenvalue weighted by atomic mass is 9.90. The van der Waals surface area contributed by atoms with Crippen LogP contribution in [-0.4, -0.2) is 38.3 Å². The molecule has 0 radical (unpaired) electrons. The fourth-order valence-corrected chi connectivity index (χ4v) is 3.13. The molecule has 1 fully saturated rings. The summed E-state index contributed by atoms with van der Waals surface area (Å²) in [6.07, 6.45) is 2.54. The van der Waals surface area contributed by atoms with Gasteiger partial charge in [0.1, 0.15) is 0 Å². The molecule has 21 heavy (non-hydrogen) atoms. The number of methoxy groups -OCH3 is 2. The lowest BCUT2D eigenvalue weighted by Crippen LogP contribution is -2.47. The zero-order chi connectivity index (χ0) is 14.5. The van der Waals surface area contributed by atoms with Crippen LogP contribution in [0.5, 0.6) is 11.5 Å². The maximum absolute atomic E-state index is 5.95. The molecule has 120 valence electrons. The van der Waals surface area contributed by atoms with Gasteiger partial charge >= 0.3 is 0 Å². The van der Waals surface area contributed by atoms with E-state index in [1.165, 1.54) is 18.4 Å². The fourth-order valence-electron chi connectivity index (χ4n) is 3.13. The van der Waals surface area contributed by atoms with E-state index in [2.05, 4.69) is 24.0 Å². The Kier molecular flexibility index (Phi) is 7.29. The van der Waals surface area contributed by atoms with Gasteiger partial charge in [-0.05, 0) is 43.0 Å². The molecule has 1 aliphatic rings. The van der Waals surface area contributed by atoms with E-state index in [4.69, 9.17) is 15.2 Å². The molecule has 2 rings (SSSR count). The van der Waals surface area contributed by atoms with E-state index < -0.39 is 0 Å². The third-order valence-electron chi connectivity index (χ3n) is 4.31. The zero-order valence-electron chi connectivity index (χ0n) is 13.2. The molecule has 2 unspecified atom stereocenters. The normalized spacial score (nSPS) is 22.5. The molecule has 0 aliphatic carbocycles. The summed E-state index contributed by atoms with van der Waals surface area (Å²) in [5.74, 6) is 2.24. The summed E-state index contributed by atoms with van der Waals surface area (Å²) in [4.78, 5) is 2.50. The summed E-state index contributed by atoms with van der Waals surface area (Å²) in [7, 11) is 3.33. The lowest BCUT2D eigenvalue weighted by molar-refractivity contribution is 0.0990. The second-order valence-electron chi connectivity index (χ2n) is 5.58. The highest BCUT2D eigenvalue weighted by atomic mass is 35.5. The largest absolute Gasteiger partial charge is 0.493 e. The number of piperidine rings is 1. The lowest BCUT2D eigenvalue weighted by Gasteiger charge is -2.39. The van der Waals surface area contributed by atoms with Crippen molar-refractivity contribution in [3.8, 4) is 11.5 Å². The number of halogens is 1. The number of benzene rings is 1. The number of rotatable bonds is 5. The smallest absolute Gasteiger partial charge is 0.161 e. The first kappa shape index (κ1) is 18.1. The molecule has 2 N–H and O–H groups in total. The molecule has 4 nitrogen and oxygen atoms in total. The van der Waals surface area contributed by atoms with Crippen LogP contribution < -0.4 is 15.2 Å². The van der Waals surface area contributed by atoms with E-state index in [9.17, 15) is 0 Å². The predicted octanol–water partition coefficient (Wildman–Crippen LogP) is 2.68. The van der Waals surface area contributed by atoms with Crippen LogP contribution in [0.4, 0.5) is 0 Å². The third-order valence-corrected chi connectivity index (χ3v) is 4.31. The maximum atomic E-state index is 5.95. The first-order valence-electron chi connectivity index (χ1n) is 7.34. The number of likely N-dealkylation sites (tertiary alicyclic amines) is 1. The molecule has 5 heteroatoms. The van der Waals surface area contributed by atoms with Gasteiger partial charge in [-0.1, -0.05) is 13.0 Å². The van der Waals surface area contributed by atoms with Crippen molar-refractivity contribution < 1.29 is 9.47 Å². The monoisotopic (exact) mass is 314 g/mol. The zero-order valence-corrected chi connectivity index (χ0v) is 14.0. The van der Waals surface area contributed by atoms with Gasteiger partial charge in [0, 0.05) is 19.1 Å². The minimum Gasteiger partial charge on any atom is -0.493 e. The Hall–Kier alpha value is -0.970. The average molecular weight is 315 g/mol. The van der Waals surface area contributed by atoms with Crippen molar-refractivity contribution in [2.24, 2.45) is 11.7 Å². The number of nitrogens with zero attached hydrogens (tertiary/aromatic N) is 1. The number of nitrogens with two attached hydrogens (primary N) is 1. The Balaban J connectivity index is 0.00000220. The second kappa shape index (κ2) is 8.47. The number of ether oxygens (including phenoxy) is 2. The van der Waals surface area contributed by atoms with E-state index in [1.54, 1.807) is 14.2 Å². The summed E-state index contributed by atoms with van der Waals surface area (Å²) in [6.45, 7) is 5.08. The van der Waals surface area contributed by atoms with E-state index in [1.807, 2.05) is 6.07 Å². The van der Waals surface area contributed by atoms with Gasteiger partial charge in [-0.25, -0.2) is 0 Å². The van der Waals surface area contributed by atoms with Gasteiger partial charge in [0.25, 0.3) is 0 Å². The number of hydrogen-bond donors (Lipinski definition) is 1. The summed E-state index contributed by atoms with van der Waals surface area (Å²) in [5.41, 5.74) is 7.20. The van der Waals surface area contributed by atoms with Crippen molar-refractivity contribution in [3.63, 3.8) is 0 Å². The standard InChI is InChI=1S/C16H26N2O2.ClH/c1-12-5-4-8-18(14(12)10-17)11-13-6-7-15(19-2)16(9-13)20-3;/h6-7,9,12,14H,4-5,8,10-11,17H2,1-3H3;1H. The Labute approximate surface area is 134 Å². The molecular formula is C16H27ClN2O2. The predicted molar refractivity (Wildman–Crippen MR) is 88.4 cm³/mol. The van der Waals surface area contributed by atoms with Crippen LogP contribution >= 0.6 is 12.4 Å². The Morgan fingerprint density at radius 3 is 2.57 bits per heavy atom. The molecule has 0 spiro atoms. The van der Waals surface area contributed by atoms with E-state index in [-0.39, 0.29) is 12.4 Å². The molecular weight excluding hydrogens is 288 g/mol. The highest BCUT2D eigenvalue weighted by molar-refractivity contribution is 5.85. The summed E-state index contributed by atoms with van der Waals surface area (Å²) in [6, 6.07) is 6.62. The van der Waals surface area contributed by atoms with Crippen LogP contribution in [0.2, 0.25) is 0 Å². The molecule has 1 aromatic rings. The highest BCUT2D eigenvalue weighted by Gasteiger charge is 2.27. The van der Waals surface area contributed by atoms with E-state index in [0.717, 1.165) is 31.1 Å². The molecule has 0 aromatic heterocycles. The topological polar surface area (TPSA) is 47.7 Å².